The molecule has 1 heterocycles. The van der Waals surface area contributed by atoms with Gasteiger partial charge in [0.25, 0.3) is 5.91 Å². The predicted octanol–water partition coefficient (Wildman–Crippen LogP) is -0.291. The van der Waals surface area contributed by atoms with E-state index >= 15 is 0 Å². The minimum Gasteiger partial charge on any atom is -0.294 e. The summed E-state index contributed by atoms with van der Waals surface area (Å²) in [4.78, 5) is 20.6. The molecule has 56 valence electrons. The van der Waals surface area contributed by atoms with Crippen LogP contribution in [0.4, 0.5) is 8.78 Å². The summed E-state index contributed by atoms with van der Waals surface area (Å²) < 4.78 is 24.4. The van der Waals surface area contributed by atoms with Crippen LogP contribution in [-0.2, 0) is 9.59 Å². The Labute approximate surface area is 55.4 Å². The maximum absolute atomic E-state index is 12.2. The third-order valence-corrected chi connectivity index (χ3v) is 1.21. The van der Waals surface area contributed by atoms with E-state index in [0.29, 0.717) is 0 Å². The fourth-order valence-corrected chi connectivity index (χ4v) is 0.702. The highest BCUT2D eigenvalue weighted by molar-refractivity contribution is 6.00. The summed E-state index contributed by atoms with van der Waals surface area (Å²) in [6, 6.07) is 0. The number of rotatable bonds is 0. The monoisotopic (exact) mass is 149 g/mol. The lowest BCUT2D eigenvalue weighted by molar-refractivity contribution is -0.140. The standard InChI is InChI=1S/C5H5F2NO2/c6-2-1-3(9)8-5(10)4(2)7/h2,4H,1H2,(H,8,9,10). The second kappa shape index (κ2) is 2.32. The smallest absolute Gasteiger partial charge is 0.264 e. The van der Waals surface area contributed by atoms with E-state index in [2.05, 4.69) is 0 Å². The highest BCUT2D eigenvalue weighted by Gasteiger charge is 2.35. The van der Waals surface area contributed by atoms with Gasteiger partial charge in [-0.15, -0.1) is 0 Å². The van der Waals surface area contributed by atoms with Crippen molar-refractivity contribution in [3.8, 4) is 0 Å². The Hall–Kier alpha value is -1.00. The number of alkyl halides is 2. The zero-order valence-electron chi connectivity index (χ0n) is 4.93. The van der Waals surface area contributed by atoms with Crippen LogP contribution in [0.15, 0.2) is 0 Å². The second-order valence-corrected chi connectivity index (χ2v) is 2.03. The van der Waals surface area contributed by atoms with Crippen LogP contribution in [-0.4, -0.2) is 24.2 Å². The zero-order chi connectivity index (χ0) is 7.72. The first-order valence-electron chi connectivity index (χ1n) is 2.73. The third kappa shape index (κ3) is 1.12. The Balaban J connectivity index is 2.66. The van der Waals surface area contributed by atoms with Crippen molar-refractivity contribution in [3.05, 3.63) is 0 Å². The molecule has 0 aromatic carbocycles. The van der Waals surface area contributed by atoms with E-state index in [0.717, 1.165) is 0 Å². The molecule has 0 aromatic heterocycles. The Morgan fingerprint density at radius 1 is 1.40 bits per heavy atom. The molecule has 1 N–H and O–H groups in total. The number of halogens is 2. The molecule has 0 radical (unpaired) electrons. The van der Waals surface area contributed by atoms with Crippen LogP contribution in [0.3, 0.4) is 0 Å². The van der Waals surface area contributed by atoms with Crippen LogP contribution in [0.25, 0.3) is 0 Å². The van der Waals surface area contributed by atoms with Crippen molar-refractivity contribution >= 4 is 11.8 Å². The highest BCUT2D eigenvalue weighted by Crippen LogP contribution is 2.12. The fourth-order valence-electron chi connectivity index (χ4n) is 0.702. The van der Waals surface area contributed by atoms with Crippen LogP contribution < -0.4 is 5.32 Å². The molecule has 2 unspecified atom stereocenters. The van der Waals surface area contributed by atoms with Crippen LogP contribution in [0.5, 0.6) is 0 Å². The fraction of sp³-hybridized carbons (Fsp3) is 0.600. The van der Waals surface area contributed by atoms with Gasteiger partial charge in [-0.05, 0) is 0 Å². The van der Waals surface area contributed by atoms with E-state index in [-0.39, 0.29) is 0 Å². The maximum atomic E-state index is 12.2. The lowest BCUT2D eigenvalue weighted by atomic mass is 10.1. The number of imide groups is 1. The molecule has 3 nitrogen and oxygen atoms in total. The molecule has 0 bridgehead atoms. The van der Waals surface area contributed by atoms with Crippen LogP contribution in [0.1, 0.15) is 6.42 Å². The number of hydrogen-bond acceptors (Lipinski definition) is 2. The number of carbonyl (C=O) groups is 2. The first-order valence-corrected chi connectivity index (χ1v) is 2.73. The summed E-state index contributed by atoms with van der Waals surface area (Å²) >= 11 is 0. The van der Waals surface area contributed by atoms with E-state index in [4.69, 9.17) is 0 Å². The number of piperidine rings is 1. The minimum atomic E-state index is -2.18. The molecule has 5 heteroatoms. The molecular formula is C5H5F2NO2. The van der Waals surface area contributed by atoms with Crippen molar-refractivity contribution < 1.29 is 18.4 Å². The lowest BCUT2D eigenvalue weighted by Gasteiger charge is -2.17. The average Bonchev–Trinajstić information content (AvgIpc) is 1.82. The molecule has 0 aliphatic carbocycles. The van der Waals surface area contributed by atoms with Gasteiger partial charge in [-0.3, -0.25) is 14.9 Å². The Morgan fingerprint density at radius 3 is 2.50 bits per heavy atom. The minimum absolute atomic E-state index is 0.563. The van der Waals surface area contributed by atoms with Gasteiger partial charge >= 0.3 is 0 Å². The lowest BCUT2D eigenvalue weighted by Crippen LogP contribution is -2.48. The molecule has 0 spiro atoms. The molecule has 1 rings (SSSR count). The first-order chi connectivity index (χ1) is 4.61. The van der Waals surface area contributed by atoms with Gasteiger partial charge in [-0.25, -0.2) is 8.78 Å². The van der Waals surface area contributed by atoms with Crippen molar-refractivity contribution in [2.45, 2.75) is 18.8 Å². The summed E-state index contributed by atoms with van der Waals surface area (Å²) in [7, 11) is 0. The van der Waals surface area contributed by atoms with Crippen LogP contribution in [0, 0.1) is 0 Å². The summed E-state index contributed by atoms with van der Waals surface area (Å²) in [6.07, 6.45) is -4.72. The van der Waals surface area contributed by atoms with Crippen molar-refractivity contribution in [1.82, 2.24) is 5.32 Å². The SMILES string of the molecule is O=C1CC(F)C(F)C(=O)N1. The third-order valence-electron chi connectivity index (χ3n) is 1.21. The van der Waals surface area contributed by atoms with Gasteiger partial charge in [0.2, 0.25) is 12.1 Å². The second-order valence-electron chi connectivity index (χ2n) is 2.03. The maximum Gasteiger partial charge on any atom is 0.264 e. The van der Waals surface area contributed by atoms with E-state index in [9.17, 15) is 18.4 Å². The molecule has 1 aliphatic heterocycles. The topological polar surface area (TPSA) is 46.2 Å². The summed E-state index contributed by atoms with van der Waals surface area (Å²) in [5.41, 5.74) is 0. The van der Waals surface area contributed by atoms with E-state index in [1.165, 1.54) is 0 Å². The van der Waals surface area contributed by atoms with Crippen LogP contribution in [0.2, 0.25) is 0 Å². The molecule has 10 heavy (non-hydrogen) atoms. The Bertz CT molecular complexity index is 182. The van der Waals surface area contributed by atoms with Gasteiger partial charge in [0, 0.05) is 0 Å². The molecular weight excluding hydrogens is 144 g/mol. The Morgan fingerprint density at radius 2 is 2.00 bits per heavy atom. The summed E-state index contributed by atoms with van der Waals surface area (Å²) in [5.74, 6) is -1.94. The number of hydrogen-bond donors (Lipinski definition) is 1. The average molecular weight is 149 g/mol. The largest absolute Gasteiger partial charge is 0.294 e. The molecule has 2 amide bonds. The van der Waals surface area contributed by atoms with Gasteiger partial charge in [0.15, 0.2) is 0 Å². The van der Waals surface area contributed by atoms with Gasteiger partial charge in [-0.2, -0.15) is 0 Å². The molecule has 1 saturated heterocycles. The van der Waals surface area contributed by atoms with Crippen molar-refractivity contribution in [2.24, 2.45) is 0 Å². The van der Waals surface area contributed by atoms with Crippen molar-refractivity contribution in [3.63, 3.8) is 0 Å². The molecule has 1 aliphatic rings. The van der Waals surface area contributed by atoms with Crippen molar-refractivity contribution in [2.75, 3.05) is 0 Å². The van der Waals surface area contributed by atoms with E-state index in [1.54, 1.807) is 5.32 Å². The summed E-state index contributed by atoms with van der Waals surface area (Å²) in [5, 5.41) is 1.67. The number of carbonyl (C=O) groups excluding carboxylic acids is 2. The van der Waals surface area contributed by atoms with E-state index in [1.807, 2.05) is 0 Å². The number of nitrogens with one attached hydrogen (secondary N) is 1. The molecule has 1 fully saturated rings. The quantitative estimate of drug-likeness (QED) is 0.481. The Kier molecular flexibility index (Phi) is 1.65. The van der Waals surface area contributed by atoms with Gasteiger partial charge in [0.1, 0.15) is 6.17 Å². The van der Waals surface area contributed by atoms with Gasteiger partial charge in [0.05, 0.1) is 6.42 Å². The predicted molar refractivity (Wildman–Crippen MR) is 27.6 cm³/mol. The van der Waals surface area contributed by atoms with Crippen LogP contribution >= 0.6 is 0 Å². The number of amides is 2. The molecule has 0 saturated carbocycles. The van der Waals surface area contributed by atoms with Crippen molar-refractivity contribution in [1.29, 1.82) is 0 Å². The van der Waals surface area contributed by atoms with Gasteiger partial charge in [-0.1, -0.05) is 0 Å². The molecule has 2 atom stereocenters. The van der Waals surface area contributed by atoms with Gasteiger partial charge < -0.3 is 0 Å². The summed E-state index contributed by atoms with van der Waals surface area (Å²) in [6.45, 7) is 0. The normalized spacial score (nSPS) is 33.8. The highest BCUT2D eigenvalue weighted by atomic mass is 19.2. The van der Waals surface area contributed by atoms with E-state index < -0.39 is 30.6 Å². The first kappa shape index (κ1) is 7.11. The molecule has 0 aromatic rings. The zero-order valence-corrected chi connectivity index (χ0v) is 4.93.